The van der Waals surface area contributed by atoms with E-state index < -0.39 is 0 Å². The van der Waals surface area contributed by atoms with Gasteiger partial charge in [0.2, 0.25) is 5.91 Å². The zero-order chi connectivity index (χ0) is 14.1. The summed E-state index contributed by atoms with van der Waals surface area (Å²) in [6, 6.07) is 0. The van der Waals surface area contributed by atoms with E-state index in [-0.39, 0.29) is 11.5 Å². The van der Waals surface area contributed by atoms with Gasteiger partial charge >= 0.3 is 0 Å². The summed E-state index contributed by atoms with van der Waals surface area (Å²) < 4.78 is 0. The predicted octanol–water partition coefficient (Wildman–Crippen LogP) is 2.61. The van der Waals surface area contributed by atoms with E-state index in [0.29, 0.717) is 11.3 Å². The van der Waals surface area contributed by atoms with Crippen molar-refractivity contribution in [3.63, 3.8) is 0 Å². The third-order valence-electron chi connectivity index (χ3n) is 4.18. The lowest BCUT2D eigenvalue weighted by Gasteiger charge is -2.41. The first kappa shape index (κ1) is 15.5. The van der Waals surface area contributed by atoms with E-state index in [1.165, 1.54) is 0 Å². The molecule has 106 valence electrons. The maximum atomic E-state index is 12.1. The van der Waals surface area contributed by atoms with Gasteiger partial charge < -0.3 is 9.80 Å². The van der Waals surface area contributed by atoms with Crippen molar-refractivity contribution >= 4 is 5.91 Å². The Bertz CT molecular complexity index is 304. The molecule has 3 nitrogen and oxygen atoms in total. The third-order valence-corrected chi connectivity index (χ3v) is 4.18. The molecule has 1 amide bonds. The summed E-state index contributed by atoms with van der Waals surface area (Å²) in [6.45, 7) is 6.87. The molecule has 0 aromatic rings. The standard InChI is InChI=1S/C15H30N2O/c1-14(2,3)11-15(17(6)7)9-8-12(10-15)13(18)16(4)5/h12H,8-11H2,1-7H3. The van der Waals surface area contributed by atoms with Crippen molar-refractivity contribution in [1.82, 2.24) is 9.80 Å². The Labute approximate surface area is 113 Å². The molecule has 1 fully saturated rings. The van der Waals surface area contributed by atoms with Crippen LogP contribution in [0, 0.1) is 11.3 Å². The van der Waals surface area contributed by atoms with Crippen LogP contribution in [0.3, 0.4) is 0 Å². The first-order chi connectivity index (χ1) is 8.07. The lowest BCUT2D eigenvalue weighted by atomic mass is 9.77. The minimum absolute atomic E-state index is 0.203. The predicted molar refractivity (Wildman–Crippen MR) is 76.5 cm³/mol. The van der Waals surface area contributed by atoms with Gasteiger partial charge in [0, 0.05) is 25.6 Å². The Balaban J connectivity index is 2.82. The summed E-state index contributed by atoms with van der Waals surface area (Å²) in [7, 11) is 8.05. The molecular weight excluding hydrogens is 224 g/mol. The third kappa shape index (κ3) is 3.47. The van der Waals surface area contributed by atoms with Gasteiger partial charge in [-0.3, -0.25) is 4.79 Å². The fourth-order valence-electron chi connectivity index (χ4n) is 3.39. The van der Waals surface area contributed by atoms with E-state index >= 15 is 0 Å². The molecule has 0 spiro atoms. The lowest BCUT2D eigenvalue weighted by Crippen LogP contribution is -2.45. The number of amides is 1. The number of rotatable bonds is 3. The van der Waals surface area contributed by atoms with Crippen LogP contribution in [-0.2, 0) is 4.79 Å². The highest BCUT2D eigenvalue weighted by Gasteiger charge is 2.45. The van der Waals surface area contributed by atoms with Crippen LogP contribution in [0.15, 0.2) is 0 Å². The maximum Gasteiger partial charge on any atom is 0.225 e. The molecule has 0 heterocycles. The molecule has 1 aliphatic carbocycles. The van der Waals surface area contributed by atoms with Gasteiger partial charge in [-0.15, -0.1) is 0 Å². The molecule has 0 aromatic carbocycles. The average molecular weight is 254 g/mol. The molecule has 1 rings (SSSR count). The van der Waals surface area contributed by atoms with Crippen LogP contribution in [-0.4, -0.2) is 49.4 Å². The van der Waals surface area contributed by atoms with Crippen LogP contribution >= 0.6 is 0 Å². The van der Waals surface area contributed by atoms with Crippen molar-refractivity contribution < 1.29 is 4.79 Å². The van der Waals surface area contributed by atoms with E-state index in [4.69, 9.17) is 0 Å². The maximum absolute atomic E-state index is 12.1. The van der Waals surface area contributed by atoms with Gasteiger partial charge in [0.15, 0.2) is 0 Å². The topological polar surface area (TPSA) is 23.6 Å². The first-order valence-corrected chi connectivity index (χ1v) is 6.96. The zero-order valence-electron chi connectivity index (χ0n) is 13.2. The molecule has 2 unspecified atom stereocenters. The summed E-state index contributed by atoms with van der Waals surface area (Å²) in [5.74, 6) is 0.511. The van der Waals surface area contributed by atoms with Gasteiger partial charge in [-0.05, 0) is 45.2 Å². The molecule has 18 heavy (non-hydrogen) atoms. The zero-order valence-corrected chi connectivity index (χ0v) is 13.2. The second-order valence-corrected chi connectivity index (χ2v) is 7.53. The van der Waals surface area contributed by atoms with E-state index in [0.717, 1.165) is 25.7 Å². The molecule has 2 atom stereocenters. The largest absolute Gasteiger partial charge is 0.349 e. The van der Waals surface area contributed by atoms with Crippen molar-refractivity contribution in [3.05, 3.63) is 0 Å². The van der Waals surface area contributed by atoms with Crippen LogP contribution in [0.25, 0.3) is 0 Å². The Kier molecular flexibility index (Phi) is 4.47. The summed E-state index contributed by atoms with van der Waals surface area (Å²) in [5, 5.41) is 0. The molecule has 0 N–H and O–H groups in total. The molecule has 0 aromatic heterocycles. The lowest BCUT2D eigenvalue weighted by molar-refractivity contribution is -0.133. The number of carbonyl (C=O) groups excluding carboxylic acids is 1. The van der Waals surface area contributed by atoms with Crippen molar-refractivity contribution in [2.24, 2.45) is 11.3 Å². The number of nitrogens with zero attached hydrogens (tertiary/aromatic N) is 2. The van der Waals surface area contributed by atoms with Crippen LogP contribution in [0.2, 0.25) is 0 Å². The van der Waals surface area contributed by atoms with Crippen LogP contribution in [0.1, 0.15) is 46.5 Å². The highest BCUT2D eigenvalue weighted by molar-refractivity contribution is 5.78. The molecule has 3 heteroatoms. The summed E-state index contributed by atoms with van der Waals surface area (Å²) in [6.07, 6.45) is 4.34. The van der Waals surface area contributed by atoms with E-state index in [2.05, 4.69) is 39.8 Å². The van der Waals surface area contributed by atoms with E-state index in [1.54, 1.807) is 4.90 Å². The van der Waals surface area contributed by atoms with Gasteiger partial charge in [0.05, 0.1) is 0 Å². The summed E-state index contributed by atoms with van der Waals surface area (Å²) in [5.41, 5.74) is 0.509. The van der Waals surface area contributed by atoms with Gasteiger partial charge in [0.1, 0.15) is 0 Å². The Morgan fingerprint density at radius 2 is 1.78 bits per heavy atom. The molecule has 0 saturated heterocycles. The fraction of sp³-hybridized carbons (Fsp3) is 0.933. The smallest absolute Gasteiger partial charge is 0.225 e. The number of hydrogen-bond donors (Lipinski definition) is 0. The second kappa shape index (κ2) is 5.20. The average Bonchev–Trinajstić information content (AvgIpc) is 2.59. The van der Waals surface area contributed by atoms with Crippen molar-refractivity contribution in [1.29, 1.82) is 0 Å². The van der Waals surface area contributed by atoms with E-state index in [9.17, 15) is 4.79 Å². The molecule has 0 radical (unpaired) electrons. The van der Waals surface area contributed by atoms with Gasteiger partial charge in [-0.2, -0.15) is 0 Å². The second-order valence-electron chi connectivity index (χ2n) is 7.53. The Hall–Kier alpha value is -0.570. The highest BCUT2D eigenvalue weighted by atomic mass is 16.2. The van der Waals surface area contributed by atoms with Crippen LogP contribution < -0.4 is 0 Å². The minimum atomic E-state index is 0.203. The van der Waals surface area contributed by atoms with Crippen molar-refractivity contribution in [3.8, 4) is 0 Å². The fourth-order valence-corrected chi connectivity index (χ4v) is 3.39. The van der Waals surface area contributed by atoms with Crippen LogP contribution in [0.5, 0.6) is 0 Å². The number of hydrogen-bond acceptors (Lipinski definition) is 2. The number of carbonyl (C=O) groups is 1. The minimum Gasteiger partial charge on any atom is -0.349 e. The molecule has 0 bridgehead atoms. The molecular formula is C15H30N2O. The molecule has 0 aliphatic heterocycles. The van der Waals surface area contributed by atoms with Gasteiger partial charge in [-0.1, -0.05) is 20.8 Å². The highest BCUT2D eigenvalue weighted by Crippen LogP contribution is 2.45. The van der Waals surface area contributed by atoms with Crippen LogP contribution in [0.4, 0.5) is 0 Å². The Morgan fingerprint density at radius 1 is 1.22 bits per heavy atom. The molecule has 1 saturated carbocycles. The Morgan fingerprint density at radius 3 is 2.17 bits per heavy atom. The molecule has 1 aliphatic rings. The van der Waals surface area contributed by atoms with Crippen molar-refractivity contribution in [2.45, 2.75) is 52.0 Å². The normalized spacial score (nSPS) is 28.8. The van der Waals surface area contributed by atoms with E-state index in [1.807, 2.05) is 14.1 Å². The SMILES string of the molecule is CN(C)C(=O)C1CCC(CC(C)(C)C)(N(C)C)C1. The van der Waals surface area contributed by atoms with Crippen molar-refractivity contribution in [2.75, 3.05) is 28.2 Å². The first-order valence-electron chi connectivity index (χ1n) is 6.96. The van der Waals surface area contributed by atoms with Gasteiger partial charge in [0.25, 0.3) is 0 Å². The monoisotopic (exact) mass is 254 g/mol. The quantitative estimate of drug-likeness (QED) is 0.773. The summed E-state index contributed by atoms with van der Waals surface area (Å²) in [4.78, 5) is 16.2. The van der Waals surface area contributed by atoms with Gasteiger partial charge in [-0.25, -0.2) is 0 Å². The summed E-state index contributed by atoms with van der Waals surface area (Å²) >= 11 is 0.